The van der Waals surface area contributed by atoms with Gasteiger partial charge in [-0.05, 0) is 49.9 Å². The molecule has 2 aliphatic carbocycles. The van der Waals surface area contributed by atoms with Gasteiger partial charge in [0.2, 0.25) is 5.89 Å². The Kier molecular flexibility index (Phi) is 6.99. The fraction of sp³-hybridized carbons (Fsp3) is 0.452. The fourth-order valence-corrected chi connectivity index (χ4v) is 7.32. The van der Waals surface area contributed by atoms with Crippen LogP contribution < -0.4 is 4.90 Å². The number of sulfone groups is 1. The number of hydrogen-bond acceptors (Lipinski definition) is 7. The molecule has 2 heterocycles. The maximum absolute atomic E-state index is 14.8. The van der Waals surface area contributed by atoms with Gasteiger partial charge in [0.25, 0.3) is 0 Å². The molecule has 3 fully saturated rings. The number of benzene rings is 2. The Balaban J connectivity index is 1.36. The summed E-state index contributed by atoms with van der Waals surface area (Å²) in [5, 5.41) is 9.58. The number of Topliss-reactive ketones (excluding diaryl/α,β-unsaturated/α-hetero) is 1. The zero-order valence-corrected chi connectivity index (χ0v) is 23.1. The number of rotatable bonds is 7. The monoisotopic (exact) mass is 561 g/mol. The fourth-order valence-electron chi connectivity index (χ4n) is 6.11. The van der Waals surface area contributed by atoms with Gasteiger partial charge < -0.3 is 9.32 Å². The van der Waals surface area contributed by atoms with E-state index in [1.807, 2.05) is 24.3 Å². The summed E-state index contributed by atoms with van der Waals surface area (Å²) in [6.07, 6.45) is 5.20. The molecule has 0 radical (unpaired) electrons. The Labute approximate surface area is 233 Å². The van der Waals surface area contributed by atoms with E-state index in [9.17, 15) is 22.9 Å². The molecule has 40 heavy (non-hydrogen) atoms. The molecule has 0 spiro atoms. The average molecular weight is 562 g/mol. The number of ketones is 1. The number of halogens is 1. The predicted molar refractivity (Wildman–Crippen MR) is 150 cm³/mol. The van der Waals surface area contributed by atoms with Crippen LogP contribution in [0.2, 0.25) is 0 Å². The lowest BCUT2D eigenvalue weighted by atomic mass is 9.73. The van der Waals surface area contributed by atoms with E-state index in [2.05, 4.69) is 11.0 Å². The van der Waals surface area contributed by atoms with Crippen LogP contribution in [0.25, 0.3) is 22.7 Å². The topological polar surface area (TPSA) is 104 Å². The van der Waals surface area contributed by atoms with Crippen molar-refractivity contribution in [2.75, 3.05) is 29.5 Å². The van der Waals surface area contributed by atoms with E-state index in [1.54, 1.807) is 18.2 Å². The second kappa shape index (κ2) is 10.5. The number of hydrogen-bond donors (Lipinski definition) is 0. The molecule has 6 rings (SSSR count). The van der Waals surface area contributed by atoms with Gasteiger partial charge in [-0.25, -0.2) is 17.8 Å². The van der Waals surface area contributed by atoms with E-state index in [1.165, 1.54) is 6.07 Å². The first kappa shape index (κ1) is 26.7. The summed E-state index contributed by atoms with van der Waals surface area (Å²) in [6.45, 7) is 0.898. The number of anilines is 1. The van der Waals surface area contributed by atoms with Gasteiger partial charge in [-0.3, -0.25) is 4.79 Å². The van der Waals surface area contributed by atoms with Crippen LogP contribution in [0.5, 0.6) is 0 Å². The summed E-state index contributed by atoms with van der Waals surface area (Å²) < 4.78 is 44.8. The first-order chi connectivity index (χ1) is 19.3. The highest BCUT2D eigenvalue weighted by atomic mass is 32.2. The van der Waals surface area contributed by atoms with Crippen LogP contribution in [0.1, 0.15) is 56.6 Å². The Hall–Kier alpha value is -3.51. The van der Waals surface area contributed by atoms with Crippen molar-refractivity contribution in [3.8, 4) is 28.8 Å². The third kappa shape index (κ3) is 5.29. The minimum absolute atomic E-state index is 0.106. The van der Waals surface area contributed by atoms with E-state index in [4.69, 9.17) is 9.40 Å². The number of carbonyl (C=O) groups is 1. The van der Waals surface area contributed by atoms with Gasteiger partial charge in [0.1, 0.15) is 23.1 Å². The van der Waals surface area contributed by atoms with E-state index in [0.717, 1.165) is 49.8 Å². The highest BCUT2D eigenvalue weighted by Crippen LogP contribution is 2.51. The van der Waals surface area contributed by atoms with Crippen LogP contribution in [-0.2, 0) is 14.6 Å². The third-order valence-electron chi connectivity index (χ3n) is 8.73. The lowest BCUT2D eigenvalue weighted by Crippen LogP contribution is -2.40. The first-order valence-electron chi connectivity index (χ1n) is 14.0. The van der Waals surface area contributed by atoms with E-state index in [-0.39, 0.29) is 47.0 Å². The Morgan fingerprint density at radius 3 is 2.45 bits per heavy atom. The second-order valence-corrected chi connectivity index (χ2v) is 13.7. The average Bonchev–Trinajstić information content (AvgIpc) is 3.60. The molecule has 9 heteroatoms. The van der Waals surface area contributed by atoms with Crippen molar-refractivity contribution in [1.29, 1.82) is 5.26 Å². The zero-order valence-electron chi connectivity index (χ0n) is 22.3. The Morgan fingerprint density at radius 1 is 1.07 bits per heavy atom. The van der Waals surface area contributed by atoms with Crippen LogP contribution >= 0.6 is 0 Å². The number of carbonyl (C=O) groups excluding carboxylic acids is 1. The molecule has 1 saturated heterocycles. The normalized spacial score (nSPS) is 23.4. The number of nitrogens with zero attached hydrogens (tertiary/aromatic N) is 3. The number of aromatic nitrogens is 1. The molecule has 0 unspecified atom stereocenters. The van der Waals surface area contributed by atoms with E-state index in [0.29, 0.717) is 24.5 Å². The van der Waals surface area contributed by atoms with Gasteiger partial charge in [-0.2, -0.15) is 5.26 Å². The lowest BCUT2D eigenvalue weighted by molar-refractivity contribution is -0.125. The van der Waals surface area contributed by atoms with Crippen LogP contribution in [0, 0.1) is 28.5 Å². The molecule has 0 amide bonds. The standard InChI is InChI=1S/C31H32FN3O4S/c32-26-8-4-3-7-25(26)30-34-28(21-9-11-22(12-10-21)35-15-17-40(37,38)18-16-35)29(39-30)24-6-2-1-5-23(24)27(36)19-31(20-33)13-14-31/h3-4,7-12,23-24H,1-2,5-6,13-19H2/t23-,24-/m1/s1. The van der Waals surface area contributed by atoms with Crippen molar-refractivity contribution in [2.45, 2.75) is 50.9 Å². The van der Waals surface area contributed by atoms with Gasteiger partial charge in [0.15, 0.2) is 9.84 Å². The van der Waals surface area contributed by atoms with Gasteiger partial charge >= 0.3 is 0 Å². The lowest BCUT2D eigenvalue weighted by Gasteiger charge is -2.30. The highest BCUT2D eigenvalue weighted by molar-refractivity contribution is 7.91. The van der Waals surface area contributed by atoms with Crippen LogP contribution in [-0.4, -0.2) is 43.8 Å². The Bertz CT molecular complexity index is 1560. The molecule has 3 aromatic rings. The molecule has 1 aliphatic heterocycles. The summed E-state index contributed by atoms with van der Waals surface area (Å²) in [5.74, 6) is 0.250. The van der Waals surface area contributed by atoms with Crippen molar-refractivity contribution in [1.82, 2.24) is 4.98 Å². The molecule has 0 bridgehead atoms. The quantitative estimate of drug-likeness (QED) is 0.353. The van der Waals surface area contributed by atoms with Gasteiger partial charge in [0.05, 0.1) is 28.6 Å². The third-order valence-corrected chi connectivity index (χ3v) is 10.3. The van der Waals surface area contributed by atoms with Crippen LogP contribution in [0.4, 0.5) is 10.1 Å². The van der Waals surface area contributed by atoms with Gasteiger partial charge in [-0.1, -0.05) is 37.1 Å². The van der Waals surface area contributed by atoms with Crippen molar-refractivity contribution < 1.29 is 22.0 Å². The summed E-state index contributed by atoms with van der Waals surface area (Å²) >= 11 is 0. The number of nitriles is 1. The predicted octanol–water partition coefficient (Wildman–Crippen LogP) is 5.92. The summed E-state index contributed by atoms with van der Waals surface area (Å²) in [6, 6.07) is 16.5. The largest absolute Gasteiger partial charge is 0.440 e. The van der Waals surface area contributed by atoms with Crippen molar-refractivity contribution in [3.63, 3.8) is 0 Å². The maximum Gasteiger partial charge on any atom is 0.229 e. The smallest absolute Gasteiger partial charge is 0.229 e. The molecular formula is C31H32FN3O4S. The minimum atomic E-state index is -2.98. The van der Waals surface area contributed by atoms with Gasteiger partial charge in [-0.15, -0.1) is 0 Å². The molecular weight excluding hydrogens is 529 g/mol. The highest BCUT2D eigenvalue weighted by Gasteiger charge is 2.47. The first-order valence-corrected chi connectivity index (χ1v) is 15.9. The van der Waals surface area contributed by atoms with Gasteiger partial charge in [0, 0.05) is 42.6 Å². The zero-order chi connectivity index (χ0) is 27.9. The molecule has 0 N–H and O–H groups in total. The van der Waals surface area contributed by atoms with Crippen molar-refractivity contribution >= 4 is 21.3 Å². The molecule has 2 atom stereocenters. The van der Waals surface area contributed by atoms with Crippen molar-refractivity contribution in [2.24, 2.45) is 11.3 Å². The molecule has 208 valence electrons. The molecule has 2 saturated carbocycles. The summed E-state index contributed by atoms with van der Waals surface area (Å²) in [4.78, 5) is 20.4. The minimum Gasteiger partial charge on any atom is -0.440 e. The Morgan fingerprint density at radius 2 is 1.77 bits per heavy atom. The molecule has 7 nitrogen and oxygen atoms in total. The maximum atomic E-state index is 14.8. The van der Waals surface area contributed by atoms with Crippen LogP contribution in [0.3, 0.4) is 0 Å². The second-order valence-electron chi connectivity index (χ2n) is 11.4. The van der Waals surface area contributed by atoms with Crippen LogP contribution in [0.15, 0.2) is 52.9 Å². The van der Waals surface area contributed by atoms with E-state index >= 15 is 0 Å². The van der Waals surface area contributed by atoms with E-state index < -0.39 is 21.1 Å². The summed E-state index contributed by atoms with van der Waals surface area (Å²) in [7, 11) is -2.98. The molecule has 3 aliphatic rings. The SMILES string of the molecule is N#CC1(CC(=O)[C@@H]2CCCC[C@H]2c2oc(-c3ccccc3F)nc2-c2ccc(N3CCS(=O)(=O)CC3)cc2)CC1. The molecule has 2 aromatic carbocycles. The van der Waals surface area contributed by atoms with Crippen molar-refractivity contribution in [3.05, 3.63) is 60.1 Å². The summed E-state index contributed by atoms with van der Waals surface area (Å²) in [5.41, 5.74) is 2.07. The molecule has 1 aromatic heterocycles. The number of oxazole rings is 1.